The highest BCUT2D eigenvalue weighted by Crippen LogP contribution is 2.35. The van der Waals surface area contributed by atoms with Gasteiger partial charge in [-0.3, -0.25) is 4.68 Å². The first-order valence-corrected chi connectivity index (χ1v) is 12.7. The van der Waals surface area contributed by atoms with Gasteiger partial charge < -0.3 is 13.3 Å². The van der Waals surface area contributed by atoms with Crippen molar-refractivity contribution in [3.63, 3.8) is 0 Å². The molecule has 4 heterocycles. The Balaban J connectivity index is 1.30. The zero-order valence-corrected chi connectivity index (χ0v) is 21.1. The maximum atomic E-state index is 13.4. The molecule has 1 unspecified atom stereocenters. The van der Waals surface area contributed by atoms with Crippen LogP contribution in [0.4, 0.5) is 8.78 Å². The van der Waals surface area contributed by atoms with Crippen LogP contribution < -0.4 is 0 Å². The molecule has 38 heavy (non-hydrogen) atoms. The van der Waals surface area contributed by atoms with Gasteiger partial charge in [0.05, 0.1) is 19.0 Å². The van der Waals surface area contributed by atoms with Gasteiger partial charge in [0.25, 0.3) is 0 Å². The van der Waals surface area contributed by atoms with Crippen molar-refractivity contribution in [2.24, 2.45) is 7.05 Å². The zero-order chi connectivity index (χ0) is 26.1. The molecule has 0 radical (unpaired) electrons. The van der Waals surface area contributed by atoms with Crippen LogP contribution in [-0.2, 0) is 20.1 Å². The van der Waals surface area contributed by atoms with E-state index in [9.17, 15) is 8.78 Å². The molecule has 3 aromatic heterocycles. The lowest BCUT2D eigenvalue weighted by atomic mass is 9.92. The van der Waals surface area contributed by atoms with Crippen molar-refractivity contribution >= 4 is 0 Å². The van der Waals surface area contributed by atoms with Crippen LogP contribution in [0.2, 0.25) is 0 Å². The van der Waals surface area contributed by atoms with Crippen molar-refractivity contribution in [1.82, 2.24) is 19.7 Å². The maximum Gasteiger partial charge on any atom is 0.226 e. The van der Waals surface area contributed by atoms with Crippen LogP contribution in [0.1, 0.15) is 35.8 Å². The van der Waals surface area contributed by atoms with E-state index in [0.29, 0.717) is 30.8 Å². The van der Waals surface area contributed by atoms with E-state index in [1.807, 2.05) is 17.9 Å². The minimum Gasteiger partial charge on any atom is -0.444 e. The number of piperidine rings is 1. The first-order chi connectivity index (χ1) is 18.5. The van der Waals surface area contributed by atoms with Gasteiger partial charge in [-0.1, -0.05) is 0 Å². The van der Waals surface area contributed by atoms with Gasteiger partial charge in [-0.25, -0.2) is 18.7 Å². The lowest BCUT2D eigenvalue weighted by Crippen LogP contribution is -2.52. The Hall–Kier alpha value is -4.11. The van der Waals surface area contributed by atoms with E-state index >= 15 is 0 Å². The minimum atomic E-state index is -0.299. The first-order valence-electron chi connectivity index (χ1n) is 12.7. The summed E-state index contributed by atoms with van der Waals surface area (Å²) in [6.07, 6.45) is 7.36. The Morgan fingerprint density at radius 2 is 1.39 bits per heavy atom. The lowest BCUT2D eigenvalue weighted by Gasteiger charge is -2.43. The Labute approximate surface area is 219 Å². The van der Waals surface area contributed by atoms with Crippen molar-refractivity contribution in [2.45, 2.75) is 31.8 Å². The average Bonchev–Trinajstić information content (AvgIpc) is 3.67. The van der Waals surface area contributed by atoms with E-state index < -0.39 is 0 Å². The van der Waals surface area contributed by atoms with E-state index in [0.717, 1.165) is 52.9 Å². The van der Waals surface area contributed by atoms with Crippen LogP contribution in [0.25, 0.3) is 22.9 Å². The summed E-state index contributed by atoms with van der Waals surface area (Å²) < 4.78 is 41.1. The van der Waals surface area contributed by atoms with Gasteiger partial charge in [0.1, 0.15) is 48.6 Å². The molecule has 1 atom stereocenters. The second kappa shape index (κ2) is 9.98. The van der Waals surface area contributed by atoms with Crippen LogP contribution in [0.15, 0.2) is 82.2 Å². The maximum absolute atomic E-state index is 13.4. The number of likely N-dealkylation sites (tertiary alicyclic amines) is 1. The third-order valence-electron chi connectivity index (χ3n) is 7.35. The number of quaternary nitrogens is 1. The summed E-state index contributed by atoms with van der Waals surface area (Å²) in [5.74, 6) is 0.680. The first kappa shape index (κ1) is 24.2. The van der Waals surface area contributed by atoms with Crippen LogP contribution >= 0.6 is 0 Å². The summed E-state index contributed by atoms with van der Waals surface area (Å²) in [7, 11) is 1.98. The summed E-state index contributed by atoms with van der Waals surface area (Å²) in [5, 5.41) is 4.40. The van der Waals surface area contributed by atoms with E-state index in [1.165, 1.54) is 30.0 Å². The summed E-state index contributed by atoms with van der Waals surface area (Å²) >= 11 is 0. The standard InChI is InChI=1S/C29H28F2N5O2/c1-35-27(12-13-32-35)22-3-2-14-36(15-22,16-25-18-37-28(33-25)20-4-8-23(30)9-5-20)17-26-19-38-29(34-26)21-6-10-24(31)11-7-21/h4-13,18-19,22H,2-3,14-17H2,1H3/q+1. The second-order valence-corrected chi connectivity index (χ2v) is 10.1. The van der Waals surface area contributed by atoms with Crippen molar-refractivity contribution in [1.29, 1.82) is 0 Å². The number of oxazole rings is 2. The highest BCUT2D eigenvalue weighted by molar-refractivity contribution is 5.53. The molecule has 0 aliphatic carbocycles. The predicted molar refractivity (Wildman–Crippen MR) is 136 cm³/mol. The molecule has 0 amide bonds. The smallest absolute Gasteiger partial charge is 0.226 e. The van der Waals surface area contributed by atoms with E-state index in [2.05, 4.69) is 11.2 Å². The molecule has 0 N–H and O–H groups in total. The monoisotopic (exact) mass is 516 g/mol. The van der Waals surface area contributed by atoms with Crippen LogP contribution in [0.3, 0.4) is 0 Å². The van der Waals surface area contributed by atoms with E-state index in [4.69, 9.17) is 18.8 Å². The molecule has 2 aromatic carbocycles. The van der Waals surface area contributed by atoms with Gasteiger partial charge in [0.2, 0.25) is 11.8 Å². The van der Waals surface area contributed by atoms with Crippen LogP contribution in [0.5, 0.6) is 0 Å². The van der Waals surface area contributed by atoms with Gasteiger partial charge in [-0.2, -0.15) is 5.10 Å². The van der Waals surface area contributed by atoms with Gasteiger partial charge in [-0.05, 0) is 67.4 Å². The number of nitrogens with zero attached hydrogens (tertiary/aromatic N) is 5. The number of hydrogen-bond donors (Lipinski definition) is 0. The molecule has 194 valence electrons. The zero-order valence-electron chi connectivity index (χ0n) is 21.1. The number of aryl methyl sites for hydroxylation is 1. The van der Waals surface area contributed by atoms with E-state index in [-0.39, 0.29) is 11.6 Å². The van der Waals surface area contributed by atoms with Gasteiger partial charge in [0, 0.05) is 30.1 Å². The largest absolute Gasteiger partial charge is 0.444 e. The fourth-order valence-corrected chi connectivity index (χ4v) is 5.59. The molecule has 6 rings (SSSR count). The van der Waals surface area contributed by atoms with Crippen molar-refractivity contribution in [2.75, 3.05) is 13.1 Å². The minimum absolute atomic E-state index is 0.299. The Bertz CT molecular complexity index is 1440. The van der Waals surface area contributed by atoms with Crippen molar-refractivity contribution in [3.05, 3.63) is 102 Å². The SMILES string of the molecule is Cn1nccc1C1CCC[N+](Cc2coc(-c3ccc(F)cc3)n2)(Cc2coc(-c3ccc(F)cc3)n2)C1. The second-order valence-electron chi connectivity index (χ2n) is 10.1. The Morgan fingerprint density at radius 3 is 1.89 bits per heavy atom. The predicted octanol–water partition coefficient (Wildman–Crippen LogP) is 6.10. The molecule has 0 bridgehead atoms. The number of hydrogen-bond acceptors (Lipinski definition) is 5. The quantitative estimate of drug-likeness (QED) is 0.244. The van der Waals surface area contributed by atoms with Gasteiger partial charge in [0.15, 0.2) is 0 Å². The van der Waals surface area contributed by atoms with Crippen molar-refractivity contribution < 1.29 is 22.1 Å². The Kier molecular flexibility index (Phi) is 6.37. The number of benzene rings is 2. The molecule has 7 nitrogen and oxygen atoms in total. The number of rotatable bonds is 7. The fourth-order valence-electron chi connectivity index (χ4n) is 5.59. The highest BCUT2D eigenvalue weighted by Gasteiger charge is 2.38. The highest BCUT2D eigenvalue weighted by atomic mass is 19.1. The molecule has 5 aromatic rings. The average molecular weight is 517 g/mol. The van der Waals surface area contributed by atoms with Gasteiger partial charge >= 0.3 is 0 Å². The fraction of sp³-hybridized carbons (Fsp3) is 0.276. The molecule has 1 fully saturated rings. The molecule has 0 spiro atoms. The normalized spacial score (nSPS) is 17.1. The number of aromatic nitrogens is 4. The third-order valence-corrected chi connectivity index (χ3v) is 7.35. The van der Waals surface area contributed by atoms with Crippen LogP contribution in [-0.4, -0.2) is 37.3 Å². The number of halogens is 2. The molecule has 1 aliphatic heterocycles. The van der Waals surface area contributed by atoms with Crippen LogP contribution in [0, 0.1) is 11.6 Å². The molecular formula is C29H28F2N5O2+. The third kappa shape index (κ3) is 5.02. The van der Waals surface area contributed by atoms with E-state index in [1.54, 1.807) is 36.8 Å². The topological polar surface area (TPSA) is 69.9 Å². The van der Waals surface area contributed by atoms with Gasteiger partial charge in [-0.15, -0.1) is 0 Å². The summed E-state index contributed by atoms with van der Waals surface area (Å²) in [5.41, 5.74) is 4.34. The van der Waals surface area contributed by atoms with Crippen molar-refractivity contribution in [3.8, 4) is 22.9 Å². The molecule has 0 saturated carbocycles. The summed E-state index contributed by atoms with van der Waals surface area (Å²) in [6.45, 7) is 3.14. The molecule has 1 aliphatic rings. The summed E-state index contributed by atoms with van der Waals surface area (Å²) in [6, 6.07) is 14.4. The molecule has 9 heteroatoms. The molecule has 1 saturated heterocycles. The summed E-state index contributed by atoms with van der Waals surface area (Å²) in [4.78, 5) is 9.51. The Morgan fingerprint density at radius 1 is 0.842 bits per heavy atom. The lowest BCUT2D eigenvalue weighted by molar-refractivity contribution is -0.959. The molecular weight excluding hydrogens is 488 g/mol.